The Hall–Kier alpha value is -1.37. The molecule has 0 amide bonds. The summed E-state index contributed by atoms with van der Waals surface area (Å²) in [6.45, 7) is 15.9. The second-order valence-corrected chi connectivity index (χ2v) is 3.12. The van der Waals surface area contributed by atoms with Crippen molar-refractivity contribution in [3.8, 4) is 0 Å². The van der Waals surface area contributed by atoms with Crippen molar-refractivity contribution < 1.29 is 4.79 Å². The average Bonchev–Trinajstić information content (AvgIpc) is 2.71. The Morgan fingerprint density at radius 2 is 1.06 bits per heavy atom. The number of benzene rings is 1. The van der Waals surface area contributed by atoms with Gasteiger partial charge in [-0.2, -0.15) is 0 Å². The molecular formula is C17H28O. The Balaban J connectivity index is 0. The van der Waals surface area contributed by atoms with Gasteiger partial charge in [-0.25, -0.2) is 0 Å². The number of carbonyl (C=O) groups is 1. The molecule has 0 spiro atoms. The summed E-state index contributed by atoms with van der Waals surface area (Å²) in [4.78, 5) is 11.5. The summed E-state index contributed by atoms with van der Waals surface area (Å²) < 4.78 is 0. The maximum atomic E-state index is 11.5. The lowest BCUT2D eigenvalue weighted by Crippen LogP contribution is -1.94. The molecule has 1 nitrogen and oxygen atoms in total. The van der Waals surface area contributed by atoms with Gasteiger partial charge < -0.3 is 0 Å². The van der Waals surface area contributed by atoms with E-state index in [4.69, 9.17) is 0 Å². The summed E-state index contributed by atoms with van der Waals surface area (Å²) in [6, 6.07) is 7.76. The van der Waals surface area contributed by atoms with Crippen LogP contribution in [0.25, 0.3) is 5.57 Å². The number of allylic oxidation sites excluding steroid dienone is 2. The number of hydrogen-bond donors (Lipinski definition) is 0. The molecule has 18 heavy (non-hydrogen) atoms. The number of ketones is 1. The van der Waals surface area contributed by atoms with Crippen LogP contribution in [0.5, 0.6) is 0 Å². The summed E-state index contributed by atoms with van der Waals surface area (Å²) >= 11 is 0. The quantitative estimate of drug-likeness (QED) is 0.571. The van der Waals surface area contributed by atoms with E-state index in [-0.39, 0.29) is 5.78 Å². The third-order valence-corrected chi connectivity index (χ3v) is 2.48. The van der Waals surface area contributed by atoms with E-state index in [1.54, 1.807) is 0 Å². The van der Waals surface area contributed by atoms with Crippen LogP contribution in [0, 0.1) is 0 Å². The van der Waals surface area contributed by atoms with Crippen molar-refractivity contribution in [1.29, 1.82) is 0 Å². The van der Waals surface area contributed by atoms with Gasteiger partial charge in [-0.1, -0.05) is 65.8 Å². The lowest BCUT2D eigenvalue weighted by molar-refractivity contribution is 0.103. The summed E-state index contributed by atoms with van der Waals surface area (Å²) in [5.74, 6) is 0.183. The molecule has 1 aromatic rings. The minimum atomic E-state index is 0.183. The topological polar surface area (TPSA) is 17.1 Å². The molecule has 0 radical (unpaired) electrons. The lowest BCUT2D eigenvalue weighted by atomic mass is 10.1. The molecule has 0 unspecified atom stereocenters. The standard InChI is InChI=1S/C11H10O.3C2H6/c1-7-8(2)11(12)10-6-4-3-5-9(7)10;3*1-2/h3-6H,1-2H3;3*1-2H3. The first-order valence-electron chi connectivity index (χ1n) is 7.03. The van der Waals surface area contributed by atoms with E-state index in [1.165, 1.54) is 0 Å². The van der Waals surface area contributed by atoms with Crippen LogP contribution in [-0.4, -0.2) is 5.78 Å². The van der Waals surface area contributed by atoms with Gasteiger partial charge in [-0.15, -0.1) is 0 Å². The number of carbonyl (C=O) groups excluding carboxylic acids is 1. The molecule has 0 saturated carbocycles. The highest BCUT2D eigenvalue weighted by Crippen LogP contribution is 2.31. The fourth-order valence-electron chi connectivity index (χ4n) is 1.58. The Bertz CT molecular complexity index is 386. The molecule has 1 heteroatoms. The molecule has 2 rings (SSSR count). The molecule has 1 aliphatic carbocycles. The van der Waals surface area contributed by atoms with Crippen molar-refractivity contribution >= 4 is 11.4 Å². The maximum Gasteiger partial charge on any atom is 0.189 e. The Labute approximate surface area is 113 Å². The van der Waals surface area contributed by atoms with Crippen molar-refractivity contribution in [1.82, 2.24) is 0 Å². The predicted octanol–water partition coefficient (Wildman–Crippen LogP) is 5.75. The smallest absolute Gasteiger partial charge is 0.189 e. The molecule has 0 aromatic heterocycles. The molecule has 0 fully saturated rings. The zero-order valence-corrected chi connectivity index (χ0v) is 13.2. The van der Waals surface area contributed by atoms with Crippen LogP contribution in [0.2, 0.25) is 0 Å². The fraction of sp³-hybridized carbons (Fsp3) is 0.471. The van der Waals surface area contributed by atoms with Crippen LogP contribution in [0.4, 0.5) is 0 Å². The lowest BCUT2D eigenvalue weighted by Gasteiger charge is -1.96. The van der Waals surface area contributed by atoms with Crippen LogP contribution >= 0.6 is 0 Å². The van der Waals surface area contributed by atoms with Gasteiger partial charge >= 0.3 is 0 Å². The first-order valence-corrected chi connectivity index (χ1v) is 7.03. The molecule has 1 aromatic carbocycles. The number of hydrogen-bond acceptors (Lipinski definition) is 1. The molecule has 1 aliphatic rings. The molecule has 0 N–H and O–H groups in total. The van der Waals surface area contributed by atoms with E-state index in [2.05, 4.69) is 0 Å². The third-order valence-electron chi connectivity index (χ3n) is 2.48. The predicted molar refractivity (Wildman–Crippen MR) is 83.1 cm³/mol. The van der Waals surface area contributed by atoms with Gasteiger partial charge in [0.1, 0.15) is 0 Å². The highest BCUT2D eigenvalue weighted by Gasteiger charge is 2.22. The van der Waals surface area contributed by atoms with Crippen LogP contribution in [0.1, 0.15) is 71.3 Å². The van der Waals surface area contributed by atoms with Crippen molar-refractivity contribution in [3.63, 3.8) is 0 Å². The highest BCUT2D eigenvalue weighted by atomic mass is 16.1. The van der Waals surface area contributed by atoms with Crippen molar-refractivity contribution in [2.24, 2.45) is 0 Å². The largest absolute Gasteiger partial charge is 0.289 e. The Morgan fingerprint density at radius 3 is 1.44 bits per heavy atom. The van der Waals surface area contributed by atoms with Crippen molar-refractivity contribution in [3.05, 3.63) is 41.0 Å². The Kier molecular flexibility index (Phi) is 11.3. The minimum Gasteiger partial charge on any atom is -0.289 e. The molecule has 0 saturated heterocycles. The minimum absolute atomic E-state index is 0.183. The second kappa shape index (κ2) is 10.8. The fourth-order valence-corrected chi connectivity index (χ4v) is 1.58. The van der Waals surface area contributed by atoms with E-state index in [0.29, 0.717) is 0 Å². The van der Waals surface area contributed by atoms with Crippen LogP contribution < -0.4 is 0 Å². The van der Waals surface area contributed by atoms with E-state index < -0.39 is 0 Å². The number of fused-ring (bicyclic) bond motifs is 1. The number of Topliss-reactive ketones (excluding diaryl/α,β-unsaturated/α-hetero) is 1. The third kappa shape index (κ3) is 4.14. The zero-order chi connectivity index (χ0) is 14.7. The van der Waals surface area contributed by atoms with E-state index in [9.17, 15) is 4.79 Å². The normalized spacial score (nSPS) is 11.2. The van der Waals surface area contributed by atoms with Gasteiger partial charge in [-0.3, -0.25) is 4.79 Å². The summed E-state index contributed by atoms with van der Waals surface area (Å²) in [6.07, 6.45) is 0. The van der Waals surface area contributed by atoms with E-state index in [1.807, 2.05) is 79.7 Å². The Morgan fingerprint density at radius 1 is 0.667 bits per heavy atom. The molecule has 0 atom stereocenters. The molecular weight excluding hydrogens is 220 g/mol. The van der Waals surface area contributed by atoms with Gasteiger partial charge in [0.15, 0.2) is 5.78 Å². The average molecular weight is 248 g/mol. The SMILES string of the molecule is CC.CC.CC.CC1=C(C)c2ccccc2C1=O. The van der Waals surface area contributed by atoms with Gasteiger partial charge in [0, 0.05) is 11.1 Å². The first kappa shape index (κ1) is 19.0. The summed E-state index contributed by atoms with van der Waals surface area (Å²) in [7, 11) is 0. The van der Waals surface area contributed by atoms with Crippen LogP contribution in [0.3, 0.4) is 0 Å². The maximum absolute atomic E-state index is 11.5. The van der Waals surface area contributed by atoms with Crippen molar-refractivity contribution in [2.75, 3.05) is 0 Å². The number of rotatable bonds is 0. The highest BCUT2D eigenvalue weighted by molar-refractivity contribution is 6.19. The van der Waals surface area contributed by atoms with Gasteiger partial charge in [-0.05, 0) is 25.0 Å². The molecule has 102 valence electrons. The second-order valence-electron chi connectivity index (χ2n) is 3.12. The van der Waals surface area contributed by atoms with E-state index >= 15 is 0 Å². The zero-order valence-electron chi connectivity index (χ0n) is 13.2. The van der Waals surface area contributed by atoms with Crippen LogP contribution in [0.15, 0.2) is 29.8 Å². The molecule has 0 bridgehead atoms. The van der Waals surface area contributed by atoms with E-state index in [0.717, 1.165) is 22.3 Å². The molecule has 0 heterocycles. The summed E-state index contributed by atoms with van der Waals surface area (Å²) in [5, 5.41) is 0. The first-order chi connectivity index (χ1) is 8.72. The molecule has 0 aliphatic heterocycles. The van der Waals surface area contributed by atoms with Gasteiger partial charge in [0.25, 0.3) is 0 Å². The monoisotopic (exact) mass is 248 g/mol. The van der Waals surface area contributed by atoms with Gasteiger partial charge in [0.2, 0.25) is 0 Å². The summed E-state index contributed by atoms with van der Waals surface area (Å²) in [5.41, 5.74) is 3.96. The van der Waals surface area contributed by atoms with Crippen LogP contribution in [-0.2, 0) is 0 Å². The van der Waals surface area contributed by atoms with Crippen molar-refractivity contribution in [2.45, 2.75) is 55.4 Å². The van der Waals surface area contributed by atoms with Gasteiger partial charge in [0.05, 0.1) is 0 Å².